The molecule has 0 saturated heterocycles. The summed E-state index contributed by atoms with van der Waals surface area (Å²) in [6.07, 6.45) is 27.0. The van der Waals surface area contributed by atoms with E-state index in [4.69, 9.17) is 17.3 Å². The summed E-state index contributed by atoms with van der Waals surface area (Å²) in [5.41, 5.74) is 7.27. The zero-order chi connectivity index (χ0) is 28.3. The van der Waals surface area contributed by atoms with Crippen LogP contribution in [-0.4, -0.2) is 16.9 Å². The van der Waals surface area contributed by atoms with Crippen LogP contribution in [0, 0.1) is 46.3 Å². The molecule has 0 aromatic carbocycles. The first kappa shape index (κ1) is 30.6. The fourth-order valence-corrected chi connectivity index (χ4v) is 10.7. The molecule has 5 aliphatic rings. The van der Waals surface area contributed by atoms with Crippen LogP contribution in [0.15, 0.2) is 16.8 Å². The summed E-state index contributed by atoms with van der Waals surface area (Å²) in [4.78, 5) is 0. The van der Waals surface area contributed by atoms with Crippen LogP contribution in [0.2, 0.25) is 0 Å². The molecule has 226 valence electrons. The van der Waals surface area contributed by atoms with E-state index in [0.717, 1.165) is 34.7 Å². The molecule has 5 rings (SSSR count). The molecule has 0 aromatic heterocycles. The molecule has 0 unspecified atom stereocenters. The highest BCUT2D eigenvalue weighted by molar-refractivity contribution is 7.80. The second-order valence-corrected chi connectivity index (χ2v) is 16.1. The van der Waals surface area contributed by atoms with Crippen LogP contribution in [0.25, 0.3) is 0 Å². The van der Waals surface area contributed by atoms with Gasteiger partial charge in [0.2, 0.25) is 0 Å². The summed E-state index contributed by atoms with van der Waals surface area (Å²) in [5.74, 6) is 4.61. The van der Waals surface area contributed by atoms with E-state index >= 15 is 0 Å². The summed E-state index contributed by atoms with van der Waals surface area (Å²) >= 11 is 5.84. The Hall–Kier alpha value is -0.900. The van der Waals surface area contributed by atoms with Gasteiger partial charge in [-0.2, -0.15) is 5.10 Å². The highest BCUT2D eigenvalue weighted by Crippen LogP contribution is 2.66. The molecule has 0 heterocycles. The van der Waals surface area contributed by atoms with Crippen molar-refractivity contribution in [3.8, 4) is 0 Å². The second kappa shape index (κ2) is 13.2. The summed E-state index contributed by atoms with van der Waals surface area (Å²) in [6.45, 7) is 12.7. The second-order valence-electron chi connectivity index (χ2n) is 15.7. The lowest BCUT2D eigenvalue weighted by Gasteiger charge is -2.58. The summed E-state index contributed by atoms with van der Waals surface area (Å²) < 4.78 is 0. The molecule has 0 radical (unpaired) electrons. The summed E-state index contributed by atoms with van der Waals surface area (Å²) in [5, 5.41) is 9.61. The summed E-state index contributed by atoms with van der Waals surface area (Å²) in [6, 6.07) is 0.505. The number of hydrogen-bond acceptors (Lipinski definition) is 2. The van der Waals surface area contributed by atoms with Crippen molar-refractivity contribution in [2.45, 2.75) is 156 Å². The fraction of sp³-hybridized carbons (Fsp3) is 0.889. The molecule has 0 aliphatic heterocycles. The number of nitrogens with one attached hydrogen (secondary N) is 2. The number of hydrazone groups is 1. The molecule has 0 amide bonds. The lowest BCUT2D eigenvalue weighted by Crippen LogP contribution is -2.53. The van der Waals surface area contributed by atoms with Gasteiger partial charge >= 0.3 is 0 Å². The third-order valence-electron chi connectivity index (χ3n) is 12.8. The van der Waals surface area contributed by atoms with Crippen molar-refractivity contribution >= 4 is 23.0 Å². The van der Waals surface area contributed by atoms with Crippen LogP contribution in [0.3, 0.4) is 0 Å². The van der Waals surface area contributed by atoms with E-state index in [2.05, 4.69) is 51.4 Å². The van der Waals surface area contributed by atoms with Gasteiger partial charge in [0.1, 0.15) is 0 Å². The standard InChI is InChI=1S/C36H61N3S/c1-25(2)14-13-15-26(3)29-19-20-30-33-31(21-23-36(29,30)5)35(4)22-12-11-16-27(35)24-32(33)38-39-34(40)37-28-17-9-7-6-8-10-18-28/h24-26,28-31,33H,6-23H2,1-5H3,(H2,37,39,40)/b38-32-/t26-,29-,30+,31+,33+,35+,36-/m1/s1. The number of hydrogen-bond donors (Lipinski definition) is 2. The van der Waals surface area contributed by atoms with Crippen molar-refractivity contribution in [2.24, 2.45) is 51.4 Å². The topological polar surface area (TPSA) is 36.4 Å². The van der Waals surface area contributed by atoms with Gasteiger partial charge in [0, 0.05) is 12.0 Å². The van der Waals surface area contributed by atoms with Crippen molar-refractivity contribution in [3.63, 3.8) is 0 Å². The molecule has 0 spiro atoms. The maximum atomic E-state index is 5.84. The number of thiocarbonyl (C=S) groups is 1. The average molecular weight is 568 g/mol. The minimum Gasteiger partial charge on any atom is -0.359 e. The van der Waals surface area contributed by atoms with Crippen LogP contribution in [0.4, 0.5) is 0 Å². The predicted octanol–water partition coefficient (Wildman–Crippen LogP) is 9.96. The first-order valence-electron chi connectivity index (χ1n) is 17.6. The Kier molecular flexibility index (Phi) is 10.1. The third kappa shape index (κ3) is 6.37. The van der Waals surface area contributed by atoms with Crippen molar-refractivity contribution < 1.29 is 0 Å². The molecule has 0 aromatic rings. The molecule has 4 heteroatoms. The van der Waals surface area contributed by atoms with Crippen LogP contribution in [0.1, 0.15) is 150 Å². The van der Waals surface area contributed by atoms with E-state index in [1.165, 1.54) is 121 Å². The zero-order valence-corrected chi connectivity index (χ0v) is 27.5. The lowest BCUT2D eigenvalue weighted by atomic mass is 9.46. The van der Waals surface area contributed by atoms with Crippen molar-refractivity contribution in [1.82, 2.24) is 10.7 Å². The van der Waals surface area contributed by atoms with Gasteiger partial charge in [0.05, 0.1) is 5.71 Å². The first-order chi connectivity index (χ1) is 19.2. The van der Waals surface area contributed by atoms with E-state index < -0.39 is 0 Å². The molecule has 40 heavy (non-hydrogen) atoms. The van der Waals surface area contributed by atoms with Crippen LogP contribution in [0.5, 0.6) is 0 Å². The first-order valence-corrected chi connectivity index (χ1v) is 18.0. The Labute approximate surface area is 252 Å². The number of fused-ring (bicyclic) bond motifs is 5. The SMILES string of the molecule is CC(C)CCC[C@@H](C)[C@H]1CC[C@H]2[C@@H]3/C(=N\NC(=S)NC4CCCCCCC4)C=C4CCCC[C@]4(C)[C@H]3CC[C@]12C. The molecule has 2 N–H and O–H groups in total. The molecule has 7 atom stereocenters. The predicted molar refractivity (Wildman–Crippen MR) is 175 cm³/mol. The Balaban J connectivity index is 1.35. The van der Waals surface area contributed by atoms with Crippen LogP contribution >= 0.6 is 12.2 Å². The molecular weight excluding hydrogens is 506 g/mol. The van der Waals surface area contributed by atoms with E-state index in [1.807, 2.05) is 0 Å². The van der Waals surface area contributed by atoms with Gasteiger partial charge in [-0.05, 0) is 117 Å². The van der Waals surface area contributed by atoms with Crippen LogP contribution < -0.4 is 10.7 Å². The van der Waals surface area contributed by atoms with Gasteiger partial charge in [-0.3, -0.25) is 5.43 Å². The monoisotopic (exact) mass is 567 g/mol. The maximum absolute atomic E-state index is 5.84. The van der Waals surface area contributed by atoms with Gasteiger partial charge in [0.25, 0.3) is 0 Å². The minimum absolute atomic E-state index is 0.377. The normalized spacial score (nSPS) is 38.5. The lowest BCUT2D eigenvalue weighted by molar-refractivity contribution is -0.0215. The highest BCUT2D eigenvalue weighted by Gasteiger charge is 2.60. The maximum Gasteiger partial charge on any atom is 0.187 e. The molecule has 4 fully saturated rings. The van der Waals surface area contributed by atoms with E-state index in [9.17, 15) is 0 Å². The molecular formula is C36H61N3S. The fourth-order valence-electron chi connectivity index (χ4n) is 10.5. The van der Waals surface area contributed by atoms with Gasteiger partial charge in [-0.1, -0.05) is 98.0 Å². The number of allylic oxidation sites excluding steroid dienone is 2. The quantitative estimate of drug-likeness (QED) is 0.237. The third-order valence-corrected chi connectivity index (χ3v) is 13.0. The number of rotatable bonds is 7. The Morgan fingerprint density at radius 2 is 1.65 bits per heavy atom. The van der Waals surface area contributed by atoms with Crippen molar-refractivity contribution in [1.29, 1.82) is 0 Å². The van der Waals surface area contributed by atoms with E-state index in [0.29, 0.717) is 22.8 Å². The molecule has 4 saturated carbocycles. The highest BCUT2D eigenvalue weighted by atomic mass is 32.1. The van der Waals surface area contributed by atoms with Crippen molar-refractivity contribution in [2.75, 3.05) is 0 Å². The number of nitrogens with zero attached hydrogens (tertiary/aromatic N) is 1. The largest absolute Gasteiger partial charge is 0.359 e. The Bertz CT molecular complexity index is 930. The van der Waals surface area contributed by atoms with E-state index in [1.54, 1.807) is 5.57 Å². The van der Waals surface area contributed by atoms with Gasteiger partial charge in [-0.15, -0.1) is 0 Å². The van der Waals surface area contributed by atoms with Gasteiger partial charge in [0.15, 0.2) is 5.11 Å². The van der Waals surface area contributed by atoms with Crippen LogP contribution in [-0.2, 0) is 0 Å². The zero-order valence-electron chi connectivity index (χ0n) is 26.7. The van der Waals surface area contributed by atoms with Gasteiger partial charge < -0.3 is 5.32 Å². The van der Waals surface area contributed by atoms with E-state index in [-0.39, 0.29) is 0 Å². The molecule has 3 nitrogen and oxygen atoms in total. The minimum atomic E-state index is 0.377. The van der Waals surface area contributed by atoms with Gasteiger partial charge in [-0.25, -0.2) is 0 Å². The van der Waals surface area contributed by atoms with Crippen molar-refractivity contribution in [3.05, 3.63) is 11.6 Å². The average Bonchev–Trinajstić information content (AvgIpc) is 3.25. The Morgan fingerprint density at radius 3 is 2.40 bits per heavy atom. The smallest absolute Gasteiger partial charge is 0.187 e. The molecule has 0 bridgehead atoms. The Morgan fingerprint density at radius 1 is 0.900 bits per heavy atom. The molecule has 5 aliphatic carbocycles. The summed E-state index contributed by atoms with van der Waals surface area (Å²) in [7, 11) is 0.